The molecule has 3 nitrogen and oxygen atoms in total. The van der Waals surface area contributed by atoms with E-state index in [0.717, 1.165) is 12.6 Å². The van der Waals surface area contributed by atoms with Gasteiger partial charge in [-0.15, -0.1) is 0 Å². The molecule has 1 aliphatic rings. The average molecular weight is 284 g/mol. The van der Waals surface area contributed by atoms with Gasteiger partial charge in [0.05, 0.1) is 0 Å². The Hall–Kier alpha value is -0.120. The van der Waals surface area contributed by atoms with Crippen LogP contribution >= 0.6 is 0 Å². The standard InChI is InChI=1S/C17H37N3/c1-5-8-9-10-12-17(4,15-18)20-13-11-16(14-20)19(6-2)7-3/h16H,5-15,18H2,1-4H3. The van der Waals surface area contributed by atoms with Gasteiger partial charge in [0, 0.05) is 31.2 Å². The summed E-state index contributed by atoms with van der Waals surface area (Å²) >= 11 is 0. The minimum absolute atomic E-state index is 0.218. The fraction of sp³-hybridized carbons (Fsp3) is 1.00. The van der Waals surface area contributed by atoms with Crippen LogP contribution in [0.15, 0.2) is 0 Å². The summed E-state index contributed by atoms with van der Waals surface area (Å²) in [6.45, 7) is 14.8. The van der Waals surface area contributed by atoms with Gasteiger partial charge in [0.2, 0.25) is 0 Å². The minimum atomic E-state index is 0.218. The van der Waals surface area contributed by atoms with Crippen molar-refractivity contribution < 1.29 is 0 Å². The van der Waals surface area contributed by atoms with E-state index in [4.69, 9.17) is 5.73 Å². The zero-order valence-electron chi connectivity index (χ0n) is 14.3. The smallest absolute Gasteiger partial charge is 0.0304 e. The summed E-state index contributed by atoms with van der Waals surface area (Å²) in [5.41, 5.74) is 6.35. The molecular weight excluding hydrogens is 246 g/mol. The van der Waals surface area contributed by atoms with Crippen LogP contribution in [0.3, 0.4) is 0 Å². The first kappa shape index (κ1) is 17.9. The molecule has 120 valence electrons. The molecule has 0 aliphatic carbocycles. The van der Waals surface area contributed by atoms with Crippen LogP contribution in [0.5, 0.6) is 0 Å². The summed E-state index contributed by atoms with van der Waals surface area (Å²) in [5, 5.41) is 0. The molecule has 1 fully saturated rings. The van der Waals surface area contributed by atoms with Crippen LogP contribution in [0.25, 0.3) is 0 Å². The first-order chi connectivity index (χ1) is 9.61. The van der Waals surface area contributed by atoms with E-state index in [1.54, 1.807) is 0 Å². The van der Waals surface area contributed by atoms with Crippen LogP contribution in [-0.2, 0) is 0 Å². The maximum atomic E-state index is 6.13. The molecule has 2 atom stereocenters. The number of hydrogen-bond acceptors (Lipinski definition) is 3. The number of unbranched alkanes of at least 4 members (excludes halogenated alkanes) is 3. The van der Waals surface area contributed by atoms with Crippen LogP contribution in [0.1, 0.15) is 66.2 Å². The molecular formula is C17H37N3. The lowest BCUT2D eigenvalue weighted by molar-refractivity contribution is 0.113. The van der Waals surface area contributed by atoms with Crippen molar-refractivity contribution in [2.24, 2.45) is 5.73 Å². The Morgan fingerprint density at radius 1 is 1.15 bits per heavy atom. The molecule has 1 rings (SSSR count). The zero-order valence-corrected chi connectivity index (χ0v) is 14.3. The van der Waals surface area contributed by atoms with Gasteiger partial charge in [-0.25, -0.2) is 0 Å². The molecule has 2 N–H and O–H groups in total. The van der Waals surface area contributed by atoms with Gasteiger partial charge in [0.15, 0.2) is 0 Å². The van der Waals surface area contributed by atoms with Crippen molar-refractivity contribution in [3.8, 4) is 0 Å². The van der Waals surface area contributed by atoms with Crippen molar-refractivity contribution in [1.29, 1.82) is 0 Å². The van der Waals surface area contributed by atoms with E-state index < -0.39 is 0 Å². The lowest BCUT2D eigenvalue weighted by Crippen LogP contribution is -2.51. The van der Waals surface area contributed by atoms with Crippen molar-refractivity contribution in [1.82, 2.24) is 9.80 Å². The van der Waals surface area contributed by atoms with E-state index >= 15 is 0 Å². The van der Waals surface area contributed by atoms with E-state index in [2.05, 4.69) is 37.5 Å². The lowest BCUT2D eigenvalue weighted by atomic mass is 9.92. The van der Waals surface area contributed by atoms with E-state index in [9.17, 15) is 0 Å². The molecule has 3 heteroatoms. The summed E-state index contributed by atoms with van der Waals surface area (Å²) in [6, 6.07) is 0.742. The lowest BCUT2D eigenvalue weighted by Gasteiger charge is -2.39. The van der Waals surface area contributed by atoms with Gasteiger partial charge >= 0.3 is 0 Å². The number of rotatable bonds is 10. The molecule has 0 amide bonds. The van der Waals surface area contributed by atoms with Gasteiger partial charge < -0.3 is 5.73 Å². The maximum Gasteiger partial charge on any atom is 0.0304 e. The third-order valence-corrected chi connectivity index (χ3v) is 5.26. The van der Waals surface area contributed by atoms with Gasteiger partial charge in [-0.3, -0.25) is 9.80 Å². The van der Waals surface area contributed by atoms with Crippen molar-refractivity contribution >= 4 is 0 Å². The van der Waals surface area contributed by atoms with Gasteiger partial charge in [-0.2, -0.15) is 0 Å². The highest BCUT2D eigenvalue weighted by atomic mass is 15.3. The van der Waals surface area contributed by atoms with Crippen LogP contribution in [0.4, 0.5) is 0 Å². The highest BCUT2D eigenvalue weighted by Crippen LogP contribution is 2.28. The molecule has 0 aromatic heterocycles. The van der Waals surface area contributed by atoms with Crippen LogP contribution in [0, 0.1) is 0 Å². The second-order valence-electron chi connectivity index (χ2n) is 6.62. The SMILES string of the molecule is CCCCCCC(C)(CN)N1CCC(N(CC)CC)C1. The predicted octanol–water partition coefficient (Wildman–Crippen LogP) is 3.09. The third-order valence-electron chi connectivity index (χ3n) is 5.26. The number of nitrogens with zero attached hydrogens (tertiary/aromatic N) is 2. The second kappa shape index (κ2) is 9.01. The second-order valence-corrected chi connectivity index (χ2v) is 6.62. The zero-order chi connectivity index (χ0) is 15.0. The molecule has 1 saturated heterocycles. The van der Waals surface area contributed by atoms with E-state index in [1.165, 1.54) is 64.7 Å². The van der Waals surface area contributed by atoms with E-state index in [1.807, 2.05) is 0 Å². The van der Waals surface area contributed by atoms with E-state index in [-0.39, 0.29) is 5.54 Å². The minimum Gasteiger partial charge on any atom is -0.329 e. The first-order valence-electron chi connectivity index (χ1n) is 8.80. The van der Waals surface area contributed by atoms with E-state index in [0.29, 0.717) is 0 Å². The molecule has 1 heterocycles. The summed E-state index contributed by atoms with van der Waals surface area (Å²) in [6.07, 6.45) is 7.93. The Labute approximate surface area is 126 Å². The Morgan fingerprint density at radius 3 is 2.40 bits per heavy atom. The van der Waals surface area contributed by atoms with Gasteiger partial charge in [0.1, 0.15) is 0 Å². The molecule has 1 aliphatic heterocycles. The van der Waals surface area contributed by atoms with Gasteiger partial charge in [-0.1, -0.05) is 46.5 Å². The molecule has 20 heavy (non-hydrogen) atoms. The quantitative estimate of drug-likeness (QED) is 0.625. The molecule has 0 spiro atoms. The highest BCUT2D eigenvalue weighted by molar-refractivity contribution is 4.94. The predicted molar refractivity (Wildman–Crippen MR) is 89.1 cm³/mol. The highest BCUT2D eigenvalue weighted by Gasteiger charge is 2.36. The van der Waals surface area contributed by atoms with Crippen LogP contribution in [-0.4, -0.2) is 54.1 Å². The molecule has 0 radical (unpaired) electrons. The Balaban J connectivity index is 2.49. The first-order valence-corrected chi connectivity index (χ1v) is 8.80. The number of likely N-dealkylation sites (N-methyl/N-ethyl adjacent to an activating group) is 1. The maximum absolute atomic E-state index is 6.13. The van der Waals surface area contributed by atoms with Gasteiger partial charge in [-0.05, 0) is 32.9 Å². The van der Waals surface area contributed by atoms with Crippen molar-refractivity contribution in [2.75, 3.05) is 32.7 Å². The van der Waals surface area contributed by atoms with Crippen molar-refractivity contribution in [3.63, 3.8) is 0 Å². The topological polar surface area (TPSA) is 32.5 Å². The fourth-order valence-electron chi connectivity index (χ4n) is 3.59. The third kappa shape index (κ3) is 4.71. The fourth-order valence-corrected chi connectivity index (χ4v) is 3.59. The monoisotopic (exact) mass is 283 g/mol. The molecule has 0 saturated carbocycles. The molecule has 0 aromatic rings. The van der Waals surface area contributed by atoms with Gasteiger partial charge in [0.25, 0.3) is 0 Å². The Bertz CT molecular complexity index is 253. The largest absolute Gasteiger partial charge is 0.329 e. The normalized spacial score (nSPS) is 23.4. The summed E-state index contributed by atoms with van der Waals surface area (Å²) in [7, 11) is 0. The van der Waals surface area contributed by atoms with Crippen molar-refractivity contribution in [3.05, 3.63) is 0 Å². The number of hydrogen-bond donors (Lipinski definition) is 1. The summed E-state index contributed by atoms with van der Waals surface area (Å²) < 4.78 is 0. The van der Waals surface area contributed by atoms with Crippen LogP contribution < -0.4 is 5.73 Å². The molecule has 2 unspecified atom stereocenters. The van der Waals surface area contributed by atoms with Crippen molar-refractivity contribution in [2.45, 2.75) is 77.8 Å². The molecule has 0 aromatic carbocycles. The molecule has 0 bridgehead atoms. The average Bonchev–Trinajstić information content (AvgIpc) is 2.95. The van der Waals surface area contributed by atoms with Crippen LogP contribution in [0.2, 0.25) is 0 Å². The summed E-state index contributed by atoms with van der Waals surface area (Å²) in [5.74, 6) is 0. The Morgan fingerprint density at radius 2 is 1.85 bits per heavy atom. The number of nitrogens with two attached hydrogens (primary N) is 1. The number of likely N-dealkylation sites (tertiary alicyclic amines) is 1. The summed E-state index contributed by atoms with van der Waals surface area (Å²) in [4.78, 5) is 5.27. The Kier molecular flexibility index (Phi) is 8.08.